The maximum Gasteiger partial charge on any atom is 0.303 e. The summed E-state index contributed by atoms with van der Waals surface area (Å²) in [6, 6.07) is 6.01. The zero-order valence-electron chi connectivity index (χ0n) is 9.99. The van der Waals surface area contributed by atoms with Crippen LogP contribution < -0.4 is 5.32 Å². The summed E-state index contributed by atoms with van der Waals surface area (Å²) in [6.45, 7) is 0.370. The van der Waals surface area contributed by atoms with Gasteiger partial charge in [-0.2, -0.15) is 0 Å². The van der Waals surface area contributed by atoms with Crippen LogP contribution in [0, 0.1) is 5.82 Å². The molecule has 0 unspecified atom stereocenters. The number of carboxylic acids is 1. The second-order valence-electron chi connectivity index (χ2n) is 3.97. The quantitative estimate of drug-likeness (QED) is 0.727. The first-order valence-electron chi connectivity index (χ1n) is 5.81. The lowest BCUT2D eigenvalue weighted by atomic mass is 10.1. The van der Waals surface area contributed by atoms with E-state index in [1.165, 1.54) is 12.1 Å². The smallest absolute Gasteiger partial charge is 0.303 e. The van der Waals surface area contributed by atoms with Gasteiger partial charge in [0.15, 0.2) is 0 Å². The number of hydrogen-bond donors (Lipinski definition) is 2. The maximum absolute atomic E-state index is 12.6. The fourth-order valence-corrected chi connectivity index (χ4v) is 1.46. The Morgan fingerprint density at radius 1 is 1.17 bits per heavy atom. The highest BCUT2D eigenvalue weighted by molar-refractivity contribution is 5.76. The number of carboxylic acid groups (broad SMARTS) is 1. The van der Waals surface area contributed by atoms with Crippen LogP contribution in [0.15, 0.2) is 24.3 Å². The summed E-state index contributed by atoms with van der Waals surface area (Å²) in [5.74, 6) is -1.28. The Bertz CT molecular complexity index is 403. The van der Waals surface area contributed by atoms with E-state index in [4.69, 9.17) is 5.11 Å². The van der Waals surface area contributed by atoms with Crippen molar-refractivity contribution >= 4 is 11.9 Å². The Hall–Kier alpha value is -1.91. The molecular formula is C13H16FNO3. The lowest BCUT2D eigenvalue weighted by Gasteiger charge is -2.04. The predicted molar refractivity (Wildman–Crippen MR) is 64.6 cm³/mol. The van der Waals surface area contributed by atoms with Gasteiger partial charge in [-0.3, -0.25) is 9.59 Å². The van der Waals surface area contributed by atoms with Crippen molar-refractivity contribution in [3.8, 4) is 0 Å². The van der Waals surface area contributed by atoms with E-state index in [0.29, 0.717) is 25.8 Å². The highest BCUT2D eigenvalue weighted by Gasteiger charge is 2.03. The van der Waals surface area contributed by atoms with E-state index in [1.807, 2.05) is 0 Å². The fraction of sp³-hybridized carbons (Fsp3) is 0.385. The van der Waals surface area contributed by atoms with Crippen LogP contribution in [0.3, 0.4) is 0 Å². The van der Waals surface area contributed by atoms with Crippen LogP contribution in [-0.4, -0.2) is 23.5 Å². The minimum absolute atomic E-state index is 0.0538. The summed E-state index contributed by atoms with van der Waals surface area (Å²) >= 11 is 0. The van der Waals surface area contributed by atoms with Gasteiger partial charge in [0.1, 0.15) is 5.82 Å². The van der Waals surface area contributed by atoms with Crippen molar-refractivity contribution in [1.82, 2.24) is 5.32 Å². The third-order valence-electron chi connectivity index (χ3n) is 2.44. The van der Waals surface area contributed by atoms with E-state index < -0.39 is 5.97 Å². The number of rotatable bonds is 7. The molecular weight excluding hydrogens is 237 g/mol. The molecule has 0 fully saturated rings. The largest absolute Gasteiger partial charge is 0.481 e. The number of aryl methyl sites for hydroxylation is 1. The van der Waals surface area contributed by atoms with Crippen LogP contribution in [-0.2, 0) is 16.0 Å². The summed E-state index contributed by atoms with van der Waals surface area (Å²) in [5, 5.41) is 11.1. The average molecular weight is 253 g/mol. The van der Waals surface area contributed by atoms with Crippen LogP contribution >= 0.6 is 0 Å². The number of hydrogen-bond acceptors (Lipinski definition) is 2. The molecule has 0 saturated heterocycles. The van der Waals surface area contributed by atoms with Crippen molar-refractivity contribution in [3.05, 3.63) is 35.6 Å². The van der Waals surface area contributed by atoms with Gasteiger partial charge in [-0.25, -0.2) is 4.39 Å². The molecule has 1 amide bonds. The molecule has 0 aromatic heterocycles. The molecule has 0 aliphatic rings. The van der Waals surface area contributed by atoms with Gasteiger partial charge < -0.3 is 10.4 Å². The van der Waals surface area contributed by atoms with Gasteiger partial charge in [0.2, 0.25) is 5.91 Å². The molecule has 5 heteroatoms. The molecule has 4 nitrogen and oxygen atoms in total. The second-order valence-corrected chi connectivity index (χ2v) is 3.97. The molecule has 0 aliphatic carbocycles. The highest BCUT2D eigenvalue weighted by atomic mass is 19.1. The van der Waals surface area contributed by atoms with E-state index in [-0.39, 0.29) is 18.1 Å². The molecule has 0 atom stereocenters. The summed E-state index contributed by atoms with van der Waals surface area (Å²) in [6.07, 6.45) is 1.35. The molecule has 0 radical (unpaired) electrons. The zero-order chi connectivity index (χ0) is 13.4. The van der Waals surface area contributed by atoms with Crippen LogP contribution in [0.25, 0.3) is 0 Å². The Labute approximate surface area is 105 Å². The van der Waals surface area contributed by atoms with Gasteiger partial charge in [-0.15, -0.1) is 0 Å². The average Bonchev–Trinajstić information content (AvgIpc) is 2.34. The van der Waals surface area contributed by atoms with Crippen molar-refractivity contribution in [1.29, 1.82) is 0 Å². The van der Waals surface area contributed by atoms with Gasteiger partial charge in [0.05, 0.1) is 0 Å². The Balaban J connectivity index is 2.17. The number of amides is 1. The zero-order valence-corrected chi connectivity index (χ0v) is 9.99. The lowest BCUT2D eigenvalue weighted by molar-refractivity contribution is -0.137. The molecule has 2 N–H and O–H groups in total. The molecule has 1 aromatic carbocycles. The van der Waals surface area contributed by atoms with Gasteiger partial charge in [-0.05, 0) is 30.5 Å². The predicted octanol–water partition coefficient (Wildman–Crippen LogP) is 1.74. The van der Waals surface area contributed by atoms with E-state index in [9.17, 15) is 14.0 Å². The number of carbonyl (C=O) groups is 2. The van der Waals surface area contributed by atoms with E-state index in [2.05, 4.69) is 5.32 Å². The summed E-state index contributed by atoms with van der Waals surface area (Å²) in [7, 11) is 0. The third-order valence-corrected chi connectivity index (χ3v) is 2.44. The van der Waals surface area contributed by atoms with E-state index in [0.717, 1.165) is 5.56 Å². The highest BCUT2D eigenvalue weighted by Crippen LogP contribution is 2.05. The number of aliphatic carboxylic acids is 1. The van der Waals surface area contributed by atoms with Crippen molar-refractivity contribution < 1.29 is 19.1 Å². The fourth-order valence-electron chi connectivity index (χ4n) is 1.46. The normalized spacial score (nSPS) is 10.1. The van der Waals surface area contributed by atoms with E-state index >= 15 is 0 Å². The molecule has 0 spiro atoms. The topological polar surface area (TPSA) is 66.4 Å². The monoisotopic (exact) mass is 253 g/mol. The molecule has 0 bridgehead atoms. The summed E-state index contributed by atoms with van der Waals surface area (Å²) in [5.41, 5.74) is 0.900. The number of benzene rings is 1. The summed E-state index contributed by atoms with van der Waals surface area (Å²) in [4.78, 5) is 21.6. The van der Waals surface area contributed by atoms with Crippen LogP contribution in [0.1, 0.15) is 24.8 Å². The standard InChI is InChI=1S/C13H16FNO3/c14-11-6-3-10(4-7-11)5-8-12(16)15-9-1-2-13(17)18/h3-4,6-7H,1-2,5,8-9H2,(H,15,16)(H,17,18). The number of carbonyl (C=O) groups excluding carboxylic acids is 1. The van der Waals surface area contributed by atoms with Crippen molar-refractivity contribution in [3.63, 3.8) is 0 Å². The molecule has 98 valence electrons. The van der Waals surface area contributed by atoms with Gasteiger partial charge in [0.25, 0.3) is 0 Å². The number of halogens is 1. The minimum Gasteiger partial charge on any atom is -0.481 e. The van der Waals surface area contributed by atoms with Gasteiger partial charge in [-0.1, -0.05) is 12.1 Å². The van der Waals surface area contributed by atoms with E-state index in [1.54, 1.807) is 12.1 Å². The Morgan fingerprint density at radius 2 is 1.83 bits per heavy atom. The molecule has 0 aliphatic heterocycles. The third kappa shape index (κ3) is 5.98. The summed E-state index contributed by atoms with van der Waals surface area (Å²) < 4.78 is 12.6. The molecule has 1 aromatic rings. The molecule has 18 heavy (non-hydrogen) atoms. The molecule has 0 heterocycles. The second kappa shape index (κ2) is 7.42. The maximum atomic E-state index is 12.6. The Kier molecular flexibility index (Phi) is 5.84. The van der Waals surface area contributed by atoms with Crippen LogP contribution in [0.4, 0.5) is 4.39 Å². The van der Waals surface area contributed by atoms with Crippen molar-refractivity contribution in [2.45, 2.75) is 25.7 Å². The van der Waals surface area contributed by atoms with Crippen molar-refractivity contribution in [2.24, 2.45) is 0 Å². The van der Waals surface area contributed by atoms with Crippen LogP contribution in [0.2, 0.25) is 0 Å². The van der Waals surface area contributed by atoms with Gasteiger partial charge >= 0.3 is 5.97 Å². The SMILES string of the molecule is O=C(O)CCCNC(=O)CCc1ccc(F)cc1. The number of nitrogens with one attached hydrogen (secondary N) is 1. The Morgan fingerprint density at radius 3 is 2.44 bits per heavy atom. The van der Waals surface area contributed by atoms with Crippen LogP contribution in [0.5, 0.6) is 0 Å². The van der Waals surface area contributed by atoms with Crippen molar-refractivity contribution in [2.75, 3.05) is 6.54 Å². The van der Waals surface area contributed by atoms with Gasteiger partial charge in [0, 0.05) is 19.4 Å². The molecule has 0 saturated carbocycles. The first-order chi connectivity index (χ1) is 8.58. The lowest BCUT2D eigenvalue weighted by Crippen LogP contribution is -2.25. The molecule has 1 rings (SSSR count). The first-order valence-corrected chi connectivity index (χ1v) is 5.81. The first kappa shape index (κ1) is 14.2. The minimum atomic E-state index is -0.865.